The van der Waals surface area contributed by atoms with Gasteiger partial charge >= 0.3 is 0 Å². The molecule has 0 bridgehead atoms. The molecule has 3 amide bonds. The average Bonchev–Trinajstić information content (AvgIpc) is 3.42. The number of fused-ring (bicyclic) bond motifs is 2. The lowest BCUT2D eigenvalue weighted by Gasteiger charge is -2.32. The number of rotatable bonds is 4. The molecule has 5 heterocycles. The fraction of sp³-hybridized carbons (Fsp3) is 0.520. The summed E-state index contributed by atoms with van der Waals surface area (Å²) in [5.74, 6) is -0.245. The second-order valence-corrected chi connectivity index (χ2v) is 9.89. The molecule has 4 aliphatic rings. The first-order valence-corrected chi connectivity index (χ1v) is 12.3. The molecule has 0 spiro atoms. The van der Waals surface area contributed by atoms with Crippen LogP contribution in [-0.2, 0) is 35.6 Å². The Labute approximate surface area is 198 Å². The number of hydrogen-bond acceptors (Lipinski definition) is 6. The van der Waals surface area contributed by atoms with Crippen LogP contribution in [0.3, 0.4) is 0 Å². The molecule has 0 saturated carbocycles. The molecule has 9 nitrogen and oxygen atoms in total. The predicted octanol–water partition coefficient (Wildman–Crippen LogP) is 1.20. The maximum atomic E-state index is 13.4. The van der Waals surface area contributed by atoms with Crippen LogP contribution >= 0.6 is 0 Å². The second-order valence-electron chi connectivity index (χ2n) is 9.89. The van der Waals surface area contributed by atoms with Crippen LogP contribution in [0.5, 0.6) is 0 Å². The monoisotopic (exact) mass is 462 g/mol. The Hall–Kier alpha value is -3.04. The molecule has 6 rings (SSSR count). The number of carbonyl (C=O) groups is 3. The van der Waals surface area contributed by atoms with Crippen molar-refractivity contribution in [3.63, 3.8) is 0 Å². The van der Waals surface area contributed by atoms with Gasteiger partial charge in [-0.3, -0.25) is 29.7 Å². The number of nitrogens with zero attached hydrogens (tertiary/aromatic N) is 3. The number of H-pyrrole nitrogens is 1. The minimum atomic E-state index is -0.574. The van der Waals surface area contributed by atoms with Gasteiger partial charge in [0.2, 0.25) is 11.8 Å². The van der Waals surface area contributed by atoms with E-state index in [1.807, 2.05) is 18.2 Å². The van der Waals surface area contributed by atoms with Crippen LogP contribution in [0.25, 0.3) is 0 Å². The molecule has 2 aromatic rings. The van der Waals surface area contributed by atoms with Gasteiger partial charge in [-0.2, -0.15) is 5.10 Å². The van der Waals surface area contributed by atoms with E-state index >= 15 is 0 Å². The third-order valence-corrected chi connectivity index (χ3v) is 7.85. The molecule has 34 heavy (non-hydrogen) atoms. The number of piperidine rings is 2. The molecule has 1 atom stereocenters. The third kappa shape index (κ3) is 3.73. The molecule has 0 radical (unpaired) electrons. The fourth-order valence-electron chi connectivity index (χ4n) is 6.01. The molecule has 2 fully saturated rings. The number of hydrogen-bond donors (Lipinski definition) is 3. The number of amides is 3. The summed E-state index contributed by atoms with van der Waals surface area (Å²) in [6.07, 6.45) is 3.79. The van der Waals surface area contributed by atoms with Crippen LogP contribution in [0, 0.1) is 0 Å². The average molecular weight is 463 g/mol. The highest BCUT2D eigenvalue weighted by atomic mass is 16.2. The Morgan fingerprint density at radius 2 is 1.91 bits per heavy atom. The van der Waals surface area contributed by atoms with Crippen LogP contribution in [0.2, 0.25) is 0 Å². The zero-order chi connectivity index (χ0) is 23.2. The van der Waals surface area contributed by atoms with Crippen molar-refractivity contribution in [1.82, 2.24) is 30.6 Å². The van der Waals surface area contributed by atoms with E-state index in [4.69, 9.17) is 0 Å². The number of imide groups is 1. The first kappa shape index (κ1) is 21.5. The summed E-state index contributed by atoms with van der Waals surface area (Å²) < 4.78 is 0. The Kier molecular flexibility index (Phi) is 5.45. The molecule has 4 aliphatic heterocycles. The topological polar surface area (TPSA) is 110 Å². The minimum absolute atomic E-state index is 0.0920. The van der Waals surface area contributed by atoms with E-state index in [1.165, 1.54) is 17.0 Å². The summed E-state index contributed by atoms with van der Waals surface area (Å²) in [5.41, 5.74) is 6.62. The lowest BCUT2D eigenvalue weighted by molar-refractivity contribution is -0.136. The van der Waals surface area contributed by atoms with Crippen molar-refractivity contribution in [2.75, 3.05) is 19.6 Å². The predicted molar refractivity (Wildman–Crippen MR) is 124 cm³/mol. The lowest BCUT2D eigenvalue weighted by atomic mass is 9.89. The van der Waals surface area contributed by atoms with Crippen LogP contribution in [0.1, 0.15) is 70.0 Å². The van der Waals surface area contributed by atoms with Gasteiger partial charge in [0.05, 0.1) is 5.69 Å². The van der Waals surface area contributed by atoms with E-state index in [-0.39, 0.29) is 24.1 Å². The van der Waals surface area contributed by atoms with Gasteiger partial charge in [-0.15, -0.1) is 0 Å². The van der Waals surface area contributed by atoms with Crippen molar-refractivity contribution in [2.24, 2.45) is 0 Å². The van der Waals surface area contributed by atoms with E-state index in [2.05, 4.69) is 25.7 Å². The van der Waals surface area contributed by atoms with Crippen molar-refractivity contribution in [3.05, 3.63) is 51.8 Å². The molecule has 3 N–H and O–H groups in total. The van der Waals surface area contributed by atoms with E-state index < -0.39 is 6.04 Å². The summed E-state index contributed by atoms with van der Waals surface area (Å²) >= 11 is 0. The first-order chi connectivity index (χ1) is 16.6. The van der Waals surface area contributed by atoms with E-state index in [0.717, 1.165) is 68.7 Å². The van der Waals surface area contributed by atoms with Gasteiger partial charge in [-0.1, -0.05) is 18.2 Å². The van der Waals surface area contributed by atoms with Crippen molar-refractivity contribution < 1.29 is 14.4 Å². The highest BCUT2D eigenvalue weighted by Gasteiger charge is 2.40. The van der Waals surface area contributed by atoms with Gasteiger partial charge in [0.25, 0.3) is 5.91 Å². The Morgan fingerprint density at radius 3 is 2.74 bits per heavy atom. The third-order valence-electron chi connectivity index (χ3n) is 7.85. The van der Waals surface area contributed by atoms with E-state index in [9.17, 15) is 14.4 Å². The maximum absolute atomic E-state index is 13.4. The van der Waals surface area contributed by atoms with Gasteiger partial charge in [-0.25, -0.2) is 0 Å². The normalized spacial score (nSPS) is 23.7. The molecule has 2 saturated heterocycles. The molecular formula is C25H30N6O3. The van der Waals surface area contributed by atoms with Crippen LogP contribution < -0.4 is 10.6 Å². The standard InChI is InChI=1S/C25H30N6O3/c32-21-5-4-20(24(33)27-21)31-14-17-3-1-2-16(22(17)25(31)34)13-30-10-7-15(8-11-30)23-18-12-26-9-6-19(18)28-29-23/h1-3,15,20,26H,4-14H2,(H,28,29)(H,27,32,33). The molecule has 0 aliphatic carbocycles. The summed E-state index contributed by atoms with van der Waals surface area (Å²) in [5, 5.41) is 13.8. The number of benzene rings is 1. The van der Waals surface area contributed by atoms with Gasteiger partial charge < -0.3 is 10.2 Å². The van der Waals surface area contributed by atoms with Crippen molar-refractivity contribution in [3.8, 4) is 0 Å². The molecule has 9 heteroatoms. The molecule has 1 aromatic carbocycles. The number of likely N-dealkylation sites (tertiary alicyclic amines) is 1. The van der Waals surface area contributed by atoms with E-state index in [0.29, 0.717) is 18.9 Å². The number of aromatic nitrogens is 2. The molecule has 178 valence electrons. The van der Waals surface area contributed by atoms with Gasteiger partial charge in [0.1, 0.15) is 6.04 Å². The Bertz CT molecular complexity index is 1150. The zero-order valence-corrected chi connectivity index (χ0v) is 19.2. The summed E-state index contributed by atoms with van der Waals surface area (Å²) in [6, 6.07) is 5.44. The highest BCUT2D eigenvalue weighted by molar-refractivity contribution is 6.06. The minimum Gasteiger partial charge on any atom is -0.322 e. The quantitative estimate of drug-likeness (QED) is 0.589. The number of carbonyl (C=O) groups excluding carboxylic acids is 3. The first-order valence-electron chi connectivity index (χ1n) is 12.3. The van der Waals surface area contributed by atoms with Gasteiger partial charge in [0, 0.05) is 61.8 Å². The Balaban J connectivity index is 1.13. The van der Waals surface area contributed by atoms with Crippen molar-refractivity contribution in [2.45, 2.75) is 63.7 Å². The number of nitrogens with one attached hydrogen (secondary N) is 3. The second kappa shape index (κ2) is 8.63. The van der Waals surface area contributed by atoms with Crippen molar-refractivity contribution in [1.29, 1.82) is 0 Å². The van der Waals surface area contributed by atoms with Crippen LogP contribution in [-0.4, -0.2) is 63.4 Å². The van der Waals surface area contributed by atoms with Gasteiger partial charge in [0.15, 0.2) is 0 Å². The maximum Gasteiger partial charge on any atom is 0.255 e. The highest BCUT2D eigenvalue weighted by Crippen LogP contribution is 2.34. The Morgan fingerprint density at radius 1 is 1.06 bits per heavy atom. The molecule has 1 aromatic heterocycles. The lowest BCUT2D eigenvalue weighted by Crippen LogP contribution is -2.52. The van der Waals surface area contributed by atoms with Crippen LogP contribution in [0.4, 0.5) is 0 Å². The molecular weight excluding hydrogens is 432 g/mol. The van der Waals surface area contributed by atoms with E-state index in [1.54, 1.807) is 4.90 Å². The number of aromatic amines is 1. The van der Waals surface area contributed by atoms with Gasteiger partial charge in [-0.05, 0) is 43.5 Å². The van der Waals surface area contributed by atoms with Crippen molar-refractivity contribution >= 4 is 17.7 Å². The zero-order valence-electron chi connectivity index (χ0n) is 19.2. The summed E-state index contributed by atoms with van der Waals surface area (Å²) in [6.45, 7) is 5.00. The SMILES string of the molecule is O=C1CCC(N2Cc3cccc(CN4CCC(c5n[nH]c6c5CNCC6)CC4)c3C2=O)C(=O)N1. The fourth-order valence-corrected chi connectivity index (χ4v) is 6.01. The summed E-state index contributed by atoms with van der Waals surface area (Å²) in [4.78, 5) is 41.3. The smallest absolute Gasteiger partial charge is 0.255 e. The largest absolute Gasteiger partial charge is 0.322 e. The summed E-state index contributed by atoms with van der Waals surface area (Å²) in [7, 11) is 0. The van der Waals surface area contributed by atoms with Crippen LogP contribution in [0.15, 0.2) is 18.2 Å². The molecule has 1 unspecified atom stereocenters.